The van der Waals surface area contributed by atoms with Gasteiger partial charge in [0.05, 0.1) is 0 Å². The standard InChI is InChI=1S/C17H13N3/c1-11-12-4-2-5-13(14(12)7-9-18-11)16-10-20-17-15(16)6-3-8-19-17/h2-10H,1H3,(H,19,20). The van der Waals surface area contributed by atoms with Gasteiger partial charge in [0, 0.05) is 40.6 Å². The molecule has 0 atom stereocenters. The highest BCUT2D eigenvalue weighted by atomic mass is 14.8. The lowest BCUT2D eigenvalue weighted by Crippen LogP contribution is -1.86. The van der Waals surface area contributed by atoms with E-state index in [-0.39, 0.29) is 0 Å². The van der Waals surface area contributed by atoms with E-state index in [9.17, 15) is 0 Å². The smallest absolute Gasteiger partial charge is 0.137 e. The first-order chi connectivity index (χ1) is 9.84. The van der Waals surface area contributed by atoms with Gasteiger partial charge in [0.15, 0.2) is 0 Å². The number of rotatable bonds is 1. The molecule has 0 fully saturated rings. The van der Waals surface area contributed by atoms with E-state index in [1.54, 1.807) is 6.20 Å². The molecule has 20 heavy (non-hydrogen) atoms. The number of hydrogen-bond donors (Lipinski definition) is 1. The Kier molecular flexibility index (Phi) is 2.33. The van der Waals surface area contributed by atoms with Gasteiger partial charge >= 0.3 is 0 Å². The van der Waals surface area contributed by atoms with E-state index in [0.717, 1.165) is 16.7 Å². The molecule has 0 bridgehead atoms. The summed E-state index contributed by atoms with van der Waals surface area (Å²) in [5.41, 5.74) is 4.38. The second-order valence-corrected chi connectivity index (χ2v) is 4.90. The van der Waals surface area contributed by atoms with Crippen LogP contribution in [-0.4, -0.2) is 15.0 Å². The normalized spacial score (nSPS) is 11.2. The molecule has 0 spiro atoms. The van der Waals surface area contributed by atoms with E-state index < -0.39 is 0 Å². The van der Waals surface area contributed by atoms with Gasteiger partial charge in [0.25, 0.3) is 0 Å². The number of aryl methyl sites for hydroxylation is 1. The number of H-pyrrole nitrogens is 1. The van der Waals surface area contributed by atoms with Crippen molar-refractivity contribution < 1.29 is 0 Å². The molecule has 1 aromatic carbocycles. The van der Waals surface area contributed by atoms with Gasteiger partial charge in [-0.05, 0) is 36.1 Å². The van der Waals surface area contributed by atoms with Crippen LogP contribution in [0.3, 0.4) is 0 Å². The van der Waals surface area contributed by atoms with Crippen LogP contribution in [0.15, 0.2) is 55.0 Å². The van der Waals surface area contributed by atoms with E-state index in [0.29, 0.717) is 0 Å². The highest BCUT2D eigenvalue weighted by molar-refractivity contribution is 6.04. The van der Waals surface area contributed by atoms with Gasteiger partial charge in [-0.15, -0.1) is 0 Å². The monoisotopic (exact) mass is 259 g/mol. The number of pyridine rings is 2. The molecule has 3 aromatic heterocycles. The van der Waals surface area contributed by atoms with Crippen molar-refractivity contribution in [1.82, 2.24) is 15.0 Å². The average Bonchev–Trinajstić information content (AvgIpc) is 2.91. The average molecular weight is 259 g/mol. The van der Waals surface area contributed by atoms with Crippen LogP contribution in [0.5, 0.6) is 0 Å². The third-order valence-electron chi connectivity index (χ3n) is 3.75. The number of aromatic amines is 1. The minimum absolute atomic E-state index is 0.922. The van der Waals surface area contributed by atoms with Gasteiger partial charge in [-0.2, -0.15) is 0 Å². The molecule has 0 aliphatic carbocycles. The first kappa shape index (κ1) is 11.2. The summed E-state index contributed by atoms with van der Waals surface area (Å²) in [5, 5.41) is 3.57. The van der Waals surface area contributed by atoms with Crippen LogP contribution in [0.1, 0.15) is 5.69 Å². The maximum atomic E-state index is 4.37. The summed E-state index contributed by atoms with van der Waals surface area (Å²) in [6, 6.07) is 12.5. The van der Waals surface area contributed by atoms with E-state index in [1.807, 2.05) is 25.4 Å². The molecule has 3 heterocycles. The number of nitrogens with zero attached hydrogens (tertiary/aromatic N) is 2. The van der Waals surface area contributed by atoms with Crippen LogP contribution < -0.4 is 0 Å². The fourth-order valence-corrected chi connectivity index (χ4v) is 2.77. The second kappa shape index (κ2) is 4.17. The first-order valence-corrected chi connectivity index (χ1v) is 6.61. The molecule has 4 aromatic rings. The lowest BCUT2D eigenvalue weighted by molar-refractivity contribution is 1.24. The third-order valence-corrected chi connectivity index (χ3v) is 3.75. The summed E-state index contributed by atoms with van der Waals surface area (Å²) in [6.45, 7) is 2.04. The number of benzene rings is 1. The zero-order valence-electron chi connectivity index (χ0n) is 11.1. The van der Waals surface area contributed by atoms with Gasteiger partial charge in [0.1, 0.15) is 5.65 Å². The van der Waals surface area contributed by atoms with Gasteiger partial charge in [-0.1, -0.05) is 18.2 Å². The van der Waals surface area contributed by atoms with Gasteiger partial charge in [-0.25, -0.2) is 4.98 Å². The van der Waals surface area contributed by atoms with Crippen LogP contribution in [0.4, 0.5) is 0 Å². The summed E-state index contributed by atoms with van der Waals surface area (Å²) >= 11 is 0. The Labute approximate surface area is 116 Å². The number of hydrogen-bond acceptors (Lipinski definition) is 2. The van der Waals surface area contributed by atoms with Crippen LogP contribution in [0, 0.1) is 6.92 Å². The lowest BCUT2D eigenvalue weighted by Gasteiger charge is -2.07. The molecule has 0 radical (unpaired) electrons. The summed E-state index contributed by atoms with van der Waals surface area (Å²) in [6.07, 6.45) is 5.70. The van der Waals surface area contributed by atoms with Crippen LogP contribution in [-0.2, 0) is 0 Å². The molecular formula is C17H13N3. The molecule has 0 amide bonds. The Morgan fingerprint density at radius 2 is 1.70 bits per heavy atom. The Balaban J connectivity index is 2.10. The molecule has 1 N–H and O–H groups in total. The largest absolute Gasteiger partial charge is 0.346 e. The minimum Gasteiger partial charge on any atom is -0.346 e. The highest BCUT2D eigenvalue weighted by Gasteiger charge is 2.10. The van der Waals surface area contributed by atoms with Gasteiger partial charge in [0.2, 0.25) is 0 Å². The minimum atomic E-state index is 0.922. The predicted octanol–water partition coefficient (Wildman–Crippen LogP) is 4.09. The van der Waals surface area contributed by atoms with Gasteiger partial charge in [-0.3, -0.25) is 4.98 Å². The molecule has 4 rings (SSSR count). The van der Waals surface area contributed by atoms with Crippen molar-refractivity contribution in [3.8, 4) is 11.1 Å². The maximum absolute atomic E-state index is 4.37. The Morgan fingerprint density at radius 3 is 2.65 bits per heavy atom. The zero-order valence-corrected chi connectivity index (χ0v) is 11.1. The predicted molar refractivity (Wildman–Crippen MR) is 81.6 cm³/mol. The molecule has 3 nitrogen and oxygen atoms in total. The second-order valence-electron chi connectivity index (χ2n) is 4.90. The fraction of sp³-hybridized carbons (Fsp3) is 0.0588. The number of aromatic nitrogens is 3. The van der Waals surface area contributed by atoms with Crippen LogP contribution in [0.25, 0.3) is 32.9 Å². The van der Waals surface area contributed by atoms with Gasteiger partial charge < -0.3 is 4.98 Å². The van der Waals surface area contributed by atoms with Crippen molar-refractivity contribution in [1.29, 1.82) is 0 Å². The summed E-state index contributed by atoms with van der Waals surface area (Å²) < 4.78 is 0. The molecule has 0 saturated heterocycles. The summed E-state index contributed by atoms with van der Waals surface area (Å²) in [7, 11) is 0. The fourth-order valence-electron chi connectivity index (χ4n) is 2.77. The van der Waals surface area contributed by atoms with E-state index in [4.69, 9.17) is 0 Å². The Morgan fingerprint density at radius 1 is 0.800 bits per heavy atom. The SMILES string of the molecule is Cc1nccc2c(-c3c[nH]c4ncccc34)cccc12. The lowest BCUT2D eigenvalue weighted by atomic mass is 9.98. The zero-order chi connectivity index (χ0) is 13.5. The van der Waals surface area contributed by atoms with Crippen molar-refractivity contribution in [2.75, 3.05) is 0 Å². The van der Waals surface area contributed by atoms with Crippen molar-refractivity contribution >= 4 is 21.8 Å². The summed E-state index contributed by atoms with van der Waals surface area (Å²) in [4.78, 5) is 12.0. The molecular weight excluding hydrogens is 246 g/mol. The van der Waals surface area contributed by atoms with Crippen molar-refractivity contribution in [3.63, 3.8) is 0 Å². The van der Waals surface area contributed by atoms with Crippen LogP contribution >= 0.6 is 0 Å². The molecule has 0 saturated carbocycles. The van der Waals surface area contributed by atoms with E-state index >= 15 is 0 Å². The highest BCUT2D eigenvalue weighted by Crippen LogP contribution is 2.33. The topological polar surface area (TPSA) is 41.6 Å². The quantitative estimate of drug-likeness (QED) is 0.559. The molecule has 0 aliphatic rings. The molecule has 96 valence electrons. The summed E-state index contributed by atoms with van der Waals surface area (Å²) in [5.74, 6) is 0. The molecule has 3 heteroatoms. The van der Waals surface area contributed by atoms with Crippen molar-refractivity contribution in [3.05, 3.63) is 60.7 Å². The molecule has 0 unspecified atom stereocenters. The van der Waals surface area contributed by atoms with Crippen molar-refractivity contribution in [2.45, 2.75) is 6.92 Å². The van der Waals surface area contributed by atoms with E-state index in [1.165, 1.54) is 21.9 Å². The Bertz CT molecular complexity index is 922. The maximum Gasteiger partial charge on any atom is 0.137 e. The molecule has 0 aliphatic heterocycles. The first-order valence-electron chi connectivity index (χ1n) is 6.61. The van der Waals surface area contributed by atoms with Crippen molar-refractivity contribution in [2.24, 2.45) is 0 Å². The van der Waals surface area contributed by atoms with Crippen LogP contribution in [0.2, 0.25) is 0 Å². The third kappa shape index (κ3) is 1.53. The number of nitrogens with one attached hydrogen (secondary N) is 1. The Hall–Kier alpha value is -2.68. The van der Waals surface area contributed by atoms with E-state index in [2.05, 4.69) is 45.3 Å². The number of fused-ring (bicyclic) bond motifs is 2.